The molecule has 4 aromatic rings. The molecule has 11 heteroatoms. The van der Waals surface area contributed by atoms with E-state index < -0.39 is 50.4 Å². The zero-order chi connectivity index (χ0) is 32.4. The maximum Gasteiger partial charge on any atom is 0.394 e. The molecule has 0 radical (unpaired) electrons. The first-order chi connectivity index (χ1) is 22.2. The highest BCUT2D eigenvalue weighted by atomic mass is 31.2. The maximum absolute atomic E-state index is 15.1. The van der Waals surface area contributed by atoms with Crippen LogP contribution in [0.3, 0.4) is 0 Å². The summed E-state index contributed by atoms with van der Waals surface area (Å²) in [6.45, 7) is 0.257. The fourth-order valence-corrected chi connectivity index (χ4v) is 5.58. The molecule has 1 aliphatic rings. The molecule has 0 spiro atoms. The van der Waals surface area contributed by atoms with Crippen LogP contribution >= 0.6 is 7.60 Å². The molecule has 0 amide bonds. The van der Waals surface area contributed by atoms with Crippen molar-refractivity contribution in [2.75, 3.05) is 0 Å². The van der Waals surface area contributed by atoms with E-state index in [9.17, 15) is 14.4 Å². The lowest BCUT2D eigenvalue weighted by molar-refractivity contribution is -0.330. The van der Waals surface area contributed by atoms with Crippen LogP contribution in [-0.4, -0.2) is 46.2 Å². The Morgan fingerprint density at radius 1 is 0.565 bits per heavy atom. The minimum Gasteiger partial charge on any atom is -0.368 e. The van der Waals surface area contributed by atoms with E-state index in [1.54, 1.807) is 0 Å². The van der Waals surface area contributed by atoms with E-state index in [0.29, 0.717) is 0 Å². The number of hydrogen-bond donors (Lipinski definition) is 2. The summed E-state index contributed by atoms with van der Waals surface area (Å²) < 4.78 is 73.4. The Hall–Kier alpha value is -3.31. The SMILES string of the molecule is O=P(O)(O)C(F)(F)C[C@H]1O[C@@H](OCc2ccccc2)[C@H](OCc2ccccc2)[C@@H](OCc2ccccc2)[C@@H]1OCc1ccccc1. The summed E-state index contributed by atoms with van der Waals surface area (Å²) in [5.41, 5.74) is -1.18. The van der Waals surface area contributed by atoms with Crippen molar-refractivity contribution in [3.8, 4) is 0 Å². The van der Waals surface area contributed by atoms with Crippen LogP contribution in [0.25, 0.3) is 0 Å². The zero-order valence-corrected chi connectivity index (χ0v) is 25.9. The van der Waals surface area contributed by atoms with Crippen LogP contribution in [0, 0.1) is 0 Å². The standard InChI is InChI=1S/C35H37F2O8P/c36-35(37,46(38,39)40)21-30-31(41-22-26-13-5-1-6-14-26)32(42-23-27-15-7-2-8-16-27)33(43-24-28-17-9-3-10-18-28)34(45-30)44-25-29-19-11-4-12-20-29/h1-20,30-34H,21-25H2,(H2,38,39,40)/t30-,31-,32+,33-,34-/m1/s1. The van der Waals surface area contributed by atoms with Crippen molar-refractivity contribution in [3.05, 3.63) is 144 Å². The Morgan fingerprint density at radius 2 is 0.913 bits per heavy atom. The van der Waals surface area contributed by atoms with Crippen molar-refractivity contribution in [2.24, 2.45) is 0 Å². The predicted molar refractivity (Wildman–Crippen MR) is 167 cm³/mol. The molecule has 1 heterocycles. The highest BCUT2D eigenvalue weighted by Gasteiger charge is 2.56. The molecule has 5 rings (SSSR count). The van der Waals surface area contributed by atoms with Crippen LogP contribution in [0.2, 0.25) is 0 Å². The largest absolute Gasteiger partial charge is 0.394 e. The second kappa shape index (κ2) is 16.0. The summed E-state index contributed by atoms with van der Waals surface area (Å²) in [7, 11) is -5.85. The zero-order valence-electron chi connectivity index (χ0n) is 25.0. The van der Waals surface area contributed by atoms with Gasteiger partial charge in [0.25, 0.3) is 0 Å². The molecule has 0 unspecified atom stereocenters. The first-order valence-corrected chi connectivity index (χ1v) is 16.5. The van der Waals surface area contributed by atoms with Crippen molar-refractivity contribution in [1.82, 2.24) is 0 Å². The number of rotatable bonds is 15. The number of ether oxygens (including phenoxy) is 5. The molecule has 1 saturated heterocycles. The van der Waals surface area contributed by atoms with Gasteiger partial charge in [-0.3, -0.25) is 4.57 Å². The summed E-state index contributed by atoms with van der Waals surface area (Å²) >= 11 is 0. The Kier molecular flexibility index (Phi) is 11.8. The number of alkyl halides is 2. The van der Waals surface area contributed by atoms with Gasteiger partial charge in [-0.15, -0.1) is 0 Å². The first kappa shape index (κ1) is 34.0. The molecule has 0 aromatic heterocycles. The van der Waals surface area contributed by atoms with Gasteiger partial charge in [-0.05, 0) is 22.3 Å². The Bertz CT molecular complexity index is 1510. The van der Waals surface area contributed by atoms with E-state index in [0.717, 1.165) is 22.3 Å². The predicted octanol–water partition coefficient (Wildman–Crippen LogP) is 6.84. The van der Waals surface area contributed by atoms with Gasteiger partial charge in [0.05, 0.1) is 39.0 Å². The molecule has 5 atom stereocenters. The summed E-state index contributed by atoms with van der Waals surface area (Å²) in [6.07, 6.45) is -7.37. The van der Waals surface area contributed by atoms with Crippen LogP contribution in [0.15, 0.2) is 121 Å². The van der Waals surface area contributed by atoms with Gasteiger partial charge in [-0.25, -0.2) is 0 Å². The quantitative estimate of drug-likeness (QED) is 0.134. The van der Waals surface area contributed by atoms with Crippen molar-refractivity contribution in [1.29, 1.82) is 0 Å². The maximum atomic E-state index is 15.1. The molecule has 4 aromatic carbocycles. The molecule has 1 fully saturated rings. The van der Waals surface area contributed by atoms with Crippen LogP contribution in [0.4, 0.5) is 8.78 Å². The molecular weight excluding hydrogens is 617 g/mol. The van der Waals surface area contributed by atoms with E-state index in [-0.39, 0.29) is 26.4 Å². The van der Waals surface area contributed by atoms with Crippen LogP contribution < -0.4 is 0 Å². The first-order valence-electron chi connectivity index (χ1n) is 14.9. The van der Waals surface area contributed by atoms with Gasteiger partial charge in [0.2, 0.25) is 0 Å². The Morgan fingerprint density at radius 3 is 1.30 bits per heavy atom. The highest BCUT2D eigenvalue weighted by Crippen LogP contribution is 2.56. The van der Waals surface area contributed by atoms with E-state index in [1.807, 2.05) is 121 Å². The summed E-state index contributed by atoms with van der Waals surface area (Å²) in [5.74, 6) is 0. The third-order valence-electron chi connectivity index (χ3n) is 7.58. The third-order valence-corrected chi connectivity index (χ3v) is 8.61. The summed E-state index contributed by atoms with van der Waals surface area (Å²) in [6, 6.07) is 37.0. The Labute approximate surface area is 267 Å². The Balaban J connectivity index is 1.51. The minimum atomic E-state index is -5.85. The van der Waals surface area contributed by atoms with Crippen molar-refractivity contribution < 1.29 is 46.8 Å². The molecule has 2 N–H and O–H groups in total. The van der Waals surface area contributed by atoms with Gasteiger partial charge in [0.15, 0.2) is 6.29 Å². The topological polar surface area (TPSA) is 104 Å². The molecule has 244 valence electrons. The molecule has 0 saturated carbocycles. The van der Waals surface area contributed by atoms with Gasteiger partial charge in [0.1, 0.15) is 18.3 Å². The summed E-state index contributed by atoms with van der Waals surface area (Å²) in [5, 5.41) is 0. The van der Waals surface area contributed by atoms with Crippen LogP contribution in [-0.2, 0) is 54.7 Å². The number of halogens is 2. The van der Waals surface area contributed by atoms with Crippen molar-refractivity contribution >= 4 is 7.60 Å². The fourth-order valence-electron chi connectivity index (χ4n) is 5.16. The van der Waals surface area contributed by atoms with Crippen molar-refractivity contribution in [2.45, 2.75) is 69.2 Å². The van der Waals surface area contributed by atoms with Gasteiger partial charge in [-0.2, -0.15) is 8.78 Å². The van der Waals surface area contributed by atoms with E-state index in [4.69, 9.17) is 23.7 Å². The number of benzene rings is 4. The molecule has 0 aliphatic carbocycles. The second-order valence-corrected chi connectivity index (χ2v) is 12.8. The normalized spacial score (nSPS) is 22.0. The van der Waals surface area contributed by atoms with Gasteiger partial charge >= 0.3 is 13.3 Å². The van der Waals surface area contributed by atoms with Gasteiger partial charge < -0.3 is 33.5 Å². The smallest absolute Gasteiger partial charge is 0.368 e. The lowest BCUT2D eigenvalue weighted by Crippen LogP contribution is -2.61. The second-order valence-electron chi connectivity index (χ2n) is 11.0. The van der Waals surface area contributed by atoms with E-state index in [2.05, 4.69) is 0 Å². The lowest BCUT2D eigenvalue weighted by Gasteiger charge is -2.46. The van der Waals surface area contributed by atoms with E-state index >= 15 is 8.78 Å². The van der Waals surface area contributed by atoms with Crippen molar-refractivity contribution in [3.63, 3.8) is 0 Å². The third kappa shape index (κ3) is 9.37. The van der Waals surface area contributed by atoms with E-state index in [1.165, 1.54) is 0 Å². The summed E-state index contributed by atoms with van der Waals surface area (Å²) in [4.78, 5) is 19.1. The minimum absolute atomic E-state index is 0.00100. The molecule has 46 heavy (non-hydrogen) atoms. The molecule has 8 nitrogen and oxygen atoms in total. The van der Waals surface area contributed by atoms with Gasteiger partial charge in [-0.1, -0.05) is 121 Å². The van der Waals surface area contributed by atoms with Crippen LogP contribution in [0.1, 0.15) is 28.7 Å². The van der Waals surface area contributed by atoms with Crippen LogP contribution in [0.5, 0.6) is 0 Å². The van der Waals surface area contributed by atoms with Gasteiger partial charge in [0, 0.05) is 0 Å². The molecular formula is C35H37F2O8P. The lowest BCUT2D eigenvalue weighted by atomic mass is 9.95. The average molecular weight is 655 g/mol. The average Bonchev–Trinajstić information content (AvgIpc) is 3.06. The fraction of sp³-hybridized carbons (Fsp3) is 0.314. The highest BCUT2D eigenvalue weighted by molar-refractivity contribution is 7.53. The monoisotopic (exact) mass is 654 g/mol. The number of hydrogen-bond acceptors (Lipinski definition) is 6. The molecule has 1 aliphatic heterocycles. The molecule has 0 bridgehead atoms.